The lowest BCUT2D eigenvalue weighted by Gasteiger charge is -2.04. The first kappa shape index (κ1) is 12.8. The van der Waals surface area contributed by atoms with E-state index in [2.05, 4.69) is 9.97 Å². The number of H-pyrrole nitrogens is 1. The van der Waals surface area contributed by atoms with Crippen molar-refractivity contribution in [3.05, 3.63) is 49.9 Å². The second kappa shape index (κ2) is 5.31. The maximum absolute atomic E-state index is 11.3. The molecule has 0 bridgehead atoms. The fourth-order valence-electron chi connectivity index (χ4n) is 1.10. The Labute approximate surface area is 116 Å². The Kier molecular flexibility index (Phi) is 3.99. The molecule has 17 heavy (non-hydrogen) atoms. The second-order valence-corrected chi connectivity index (χ2v) is 5.28. The molecule has 0 radical (unpaired) electrons. The van der Waals surface area contributed by atoms with Gasteiger partial charge in [-0.05, 0) is 18.2 Å². The first-order chi connectivity index (χ1) is 8.08. The SMILES string of the molecule is O=c1[nH]cnc(Sc2cc(Cl)ccc2Cl)c1Cl. The third-order valence-electron chi connectivity index (χ3n) is 1.86. The first-order valence-corrected chi connectivity index (χ1v) is 6.39. The average molecular weight is 308 g/mol. The van der Waals surface area contributed by atoms with Gasteiger partial charge in [0.15, 0.2) is 0 Å². The van der Waals surface area contributed by atoms with E-state index in [1.54, 1.807) is 18.2 Å². The molecule has 0 fully saturated rings. The maximum Gasteiger partial charge on any atom is 0.270 e. The standard InChI is InChI=1S/C10H5Cl3N2OS/c11-5-1-2-6(12)7(3-5)17-10-8(13)9(16)14-4-15-10/h1-4H,(H,14,15,16). The van der Waals surface area contributed by atoms with Gasteiger partial charge in [0.05, 0.1) is 11.3 Å². The van der Waals surface area contributed by atoms with E-state index >= 15 is 0 Å². The zero-order valence-electron chi connectivity index (χ0n) is 8.21. The van der Waals surface area contributed by atoms with E-state index in [0.717, 1.165) is 0 Å². The van der Waals surface area contributed by atoms with Crippen LogP contribution in [0.5, 0.6) is 0 Å². The summed E-state index contributed by atoms with van der Waals surface area (Å²) in [7, 11) is 0. The molecule has 2 rings (SSSR count). The van der Waals surface area contributed by atoms with Crippen molar-refractivity contribution < 1.29 is 0 Å². The normalized spacial score (nSPS) is 10.5. The predicted molar refractivity (Wildman–Crippen MR) is 70.5 cm³/mol. The van der Waals surface area contributed by atoms with Crippen LogP contribution in [0.3, 0.4) is 0 Å². The van der Waals surface area contributed by atoms with E-state index in [1.807, 2.05) is 0 Å². The van der Waals surface area contributed by atoms with Gasteiger partial charge in [-0.15, -0.1) is 0 Å². The van der Waals surface area contributed by atoms with Crippen LogP contribution in [0, 0.1) is 0 Å². The molecular weight excluding hydrogens is 303 g/mol. The summed E-state index contributed by atoms with van der Waals surface area (Å²) >= 11 is 18.9. The van der Waals surface area contributed by atoms with Crippen LogP contribution in [0.4, 0.5) is 0 Å². The van der Waals surface area contributed by atoms with E-state index in [1.165, 1.54) is 18.1 Å². The van der Waals surface area contributed by atoms with Gasteiger partial charge in [-0.1, -0.05) is 46.6 Å². The number of nitrogens with one attached hydrogen (secondary N) is 1. The molecular formula is C10H5Cl3N2OS. The van der Waals surface area contributed by atoms with Crippen LogP contribution in [-0.2, 0) is 0 Å². The van der Waals surface area contributed by atoms with Gasteiger partial charge in [0.2, 0.25) is 0 Å². The maximum atomic E-state index is 11.3. The van der Waals surface area contributed by atoms with Gasteiger partial charge in [0.25, 0.3) is 5.56 Å². The van der Waals surface area contributed by atoms with Crippen LogP contribution in [0.15, 0.2) is 39.2 Å². The van der Waals surface area contributed by atoms with E-state index in [9.17, 15) is 4.79 Å². The summed E-state index contributed by atoms with van der Waals surface area (Å²) in [5.41, 5.74) is -0.387. The fraction of sp³-hybridized carbons (Fsp3) is 0. The number of nitrogens with zero attached hydrogens (tertiary/aromatic N) is 1. The zero-order valence-corrected chi connectivity index (χ0v) is 11.3. The Balaban J connectivity index is 2.41. The van der Waals surface area contributed by atoms with Gasteiger partial charge in [0, 0.05) is 9.92 Å². The van der Waals surface area contributed by atoms with Gasteiger partial charge in [-0.2, -0.15) is 0 Å². The van der Waals surface area contributed by atoms with Crippen LogP contribution in [-0.4, -0.2) is 9.97 Å². The zero-order chi connectivity index (χ0) is 12.4. The van der Waals surface area contributed by atoms with Crippen molar-refractivity contribution in [3.8, 4) is 0 Å². The molecule has 2 aromatic rings. The minimum Gasteiger partial charge on any atom is -0.312 e. The van der Waals surface area contributed by atoms with Gasteiger partial charge in [0.1, 0.15) is 10.0 Å². The van der Waals surface area contributed by atoms with E-state index in [0.29, 0.717) is 20.0 Å². The highest BCUT2D eigenvalue weighted by atomic mass is 35.5. The molecule has 1 aromatic carbocycles. The largest absolute Gasteiger partial charge is 0.312 e. The Morgan fingerprint density at radius 1 is 1.24 bits per heavy atom. The number of aromatic amines is 1. The Hall–Kier alpha value is -0.680. The minimum absolute atomic E-state index is 0.0357. The molecule has 0 amide bonds. The Morgan fingerprint density at radius 3 is 2.76 bits per heavy atom. The van der Waals surface area contributed by atoms with Gasteiger partial charge in [-0.25, -0.2) is 4.98 Å². The summed E-state index contributed by atoms with van der Waals surface area (Å²) in [6, 6.07) is 5.04. The highest BCUT2D eigenvalue weighted by Crippen LogP contribution is 2.35. The van der Waals surface area contributed by atoms with Crippen molar-refractivity contribution in [2.24, 2.45) is 0 Å². The highest BCUT2D eigenvalue weighted by molar-refractivity contribution is 7.99. The van der Waals surface area contributed by atoms with Crippen molar-refractivity contribution in [2.75, 3.05) is 0 Å². The van der Waals surface area contributed by atoms with E-state index in [-0.39, 0.29) is 10.6 Å². The van der Waals surface area contributed by atoms with Crippen LogP contribution < -0.4 is 5.56 Å². The van der Waals surface area contributed by atoms with Crippen molar-refractivity contribution in [1.29, 1.82) is 0 Å². The molecule has 88 valence electrons. The molecule has 3 nitrogen and oxygen atoms in total. The van der Waals surface area contributed by atoms with Gasteiger partial charge < -0.3 is 4.98 Å². The topological polar surface area (TPSA) is 45.8 Å². The van der Waals surface area contributed by atoms with Crippen molar-refractivity contribution in [2.45, 2.75) is 9.92 Å². The van der Waals surface area contributed by atoms with Crippen LogP contribution in [0.25, 0.3) is 0 Å². The van der Waals surface area contributed by atoms with Gasteiger partial charge in [-0.3, -0.25) is 4.79 Å². The number of halogens is 3. The minimum atomic E-state index is -0.387. The molecule has 1 heterocycles. The second-order valence-electron chi connectivity index (χ2n) is 3.03. The number of aromatic nitrogens is 2. The Bertz CT molecular complexity index is 615. The Morgan fingerprint density at radius 2 is 2.00 bits per heavy atom. The molecule has 7 heteroatoms. The molecule has 0 aliphatic rings. The quantitative estimate of drug-likeness (QED) is 0.856. The van der Waals surface area contributed by atoms with Crippen molar-refractivity contribution >= 4 is 46.6 Å². The monoisotopic (exact) mass is 306 g/mol. The molecule has 1 aromatic heterocycles. The molecule has 0 saturated carbocycles. The van der Waals surface area contributed by atoms with Crippen LogP contribution in [0.2, 0.25) is 15.1 Å². The summed E-state index contributed by atoms with van der Waals surface area (Å²) in [5, 5.41) is 1.50. The van der Waals surface area contributed by atoms with Crippen molar-refractivity contribution in [3.63, 3.8) is 0 Å². The predicted octanol–water partition coefficient (Wildman–Crippen LogP) is 3.88. The highest BCUT2D eigenvalue weighted by Gasteiger charge is 2.10. The lowest BCUT2D eigenvalue weighted by atomic mass is 10.4. The summed E-state index contributed by atoms with van der Waals surface area (Å²) in [5.74, 6) is 0. The number of rotatable bonds is 2. The average Bonchev–Trinajstić information content (AvgIpc) is 2.30. The first-order valence-electron chi connectivity index (χ1n) is 4.44. The number of benzene rings is 1. The molecule has 0 atom stereocenters. The fourth-order valence-corrected chi connectivity index (χ4v) is 2.63. The van der Waals surface area contributed by atoms with E-state index < -0.39 is 0 Å². The molecule has 0 aliphatic heterocycles. The lowest BCUT2D eigenvalue weighted by molar-refractivity contribution is 1.01. The summed E-state index contributed by atoms with van der Waals surface area (Å²) < 4.78 is 0. The third-order valence-corrected chi connectivity index (χ3v) is 4.06. The molecule has 1 N–H and O–H groups in total. The van der Waals surface area contributed by atoms with Crippen LogP contribution in [0.1, 0.15) is 0 Å². The summed E-state index contributed by atoms with van der Waals surface area (Å²) in [4.78, 5) is 18.3. The smallest absolute Gasteiger partial charge is 0.270 e. The molecule has 0 aliphatic carbocycles. The number of hydrogen-bond donors (Lipinski definition) is 1. The summed E-state index contributed by atoms with van der Waals surface area (Å²) in [6.45, 7) is 0. The van der Waals surface area contributed by atoms with Crippen molar-refractivity contribution in [1.82, 2.24) is 9.97 Å². The molecule has 0 saturated heterocycles. The van der Waals surface area contributed by atoms with E-state index in [4.69, 9.17) is 34.8 Å². The molecule has 0 unspecified atom stereocenters. The van der Waals surface area contributed by atoms with Crippen LogP contribution >= 0.6 is 46.6 Å². The number of hydrogen-bond acceptors (Lipinski definition) is 3. The lowest BCUT2D eigenvalue weighted by Crippen LogP contribution is -2.07. The molecule has 0 spiro atoms. The summed E-state index contributed by atoms with van der Waals surface area (Å²) in [6.07, 6.45) is 1.29. The third kappa shape index (κ3) is 2.96. The van der Waals surface area contributed by atoms with Gasteiger partial charge >= 0.3 is 0 Å².